The van der Waals surface area contributed by atoms with Crippen molar-refractivity contribution < 1.29 is 19.0 Å². The van der Waals surface area contributed by atoms with Gasteiger partial charge in [-0.1, -0.05) is 29.8 Å². The van der Waals surface area contributed by atoms with Crippen LogP contribution in [-0.4, -0.2) is 32.5 Å². The number of carbonyl (C=O) groups excluding carboxylic acids is 1. The second kappa shape index (κ2) is 10.8. The summed E-state index contributed by atoms with van der Waals surface area (Å²) in [6.07, 6.45) is 0. The van der Waals surface area contributed by atoms with E-state index >= 15 is 0 Å². The van der Waals surface area contributed by atoms with E-state index in [0.717, 1.165) is 5.75 Å². The minimum Gasteiger partial charge on any atom is -0.495 e. The zero-order valence-corrected chi connectivity index (χ0v) is 18.3. The molecule has 0 fully saturated rings. The molecule has 0 aliphatic heterocycles. The molecule has 3 aromatic carbocycles. The summed E-state index contributed by atoms with van der Waals surface area (Å²) in [5, 5.41) is 3.22. The van der Waals surface area contributed by atoms with Crippen molar-refractivity contribution in [2.75, 3.05) is 31.9 Å². The lowest BCUT2D eigenvalue weighted by Gasteiger charge is -2.13. The Morgan fingerprint density at radius 3 is 2.33 bits per heavy atom. The first-order valence-corrected chi connectivity index (χ1v) is 10.6. The standard InChI is InChI=1S/C23H22ClNO4S/c1-27-21-15-20(22(28-2)14-19(21)24)25-23(26)16-8-10-17(11-9-16)29-12-13-30-18-6-4-3-5-7-18/h3-11,14-15H,12-13H2,1-2H3,(H,25,26). The maximum Gasteiger partial charge on any atom is 0.255 e. The number of ether oxygens (including phenoxy) is 3. The van der Waals surface area contributed by atoms with Crippen LogP contribution in [0.25, 0.3) is 0 Å². The zero-order valence-electron chi connectivity index (χ0n) is 16.7. The van der Waals surface area contributed by atoms with E-state index in [-0.39, 0.29) is 5.91 Å². The second-order valence-corrected chi connectivity index (χ2v) is 7.75. The molecule has 1 amide bonds. The molecule has 30 heavy (non-hydrogen) atoms. The Kier molecular flexibility index (Phi) is 7.88. The van der Waals surface area contributed by atoms with E-state index in [4.69, 9.17) is 25.8 Å². The average molecular weight is 444 g/mol. The highest BCUT2D eigenvalue weighted by Gasteiger charge is 2.14. The predicted molar refractivity (Wildman–Crippen MR) is 122 cm³/mol. The Balaban J connectivity index is 1.56. The molecule has 156 valence electrons. The van der Waals surface area contributed by atoms with Crippen LogP contribution in [0, 0.1) is 0 Å². The quantitative estimate of drug-likeness (QED) is 0.335. The Bertz CT molecular complexity index is 980. The van der Waals surface area contributed by atoms with E-state index in [9.17, 15) is 4.79 Å². The minimum atomic E-state index is -0.274. The van der Waals surface area contributed by atoms with Crippen LogP contribution in [0.2, 0.25) is 5.02 Å². The molecule has 0 atom stereocenters. The van der Waals surface area contributed by atoms with Gasteiger partial charge in [0.1, 0.15) is 17.2 Å². The molecule has 0 heterocycles. The molecule has 1 N–H and O–H groups in total. The van der Waals surface area contributed by atoms with Crippen molar-refractivity contribution in [2.45, 2.75) is 4.90 Å². The van der Waals surface area contributed by atoms with Gasteiger partial charge in [0.05, 0.1) is 31.5 Å². The normalized spacial score (nSPS) is 10.4. The van der Waals surface area contributed by atoms with Gasteiger partial charge < -0.3 is 19.5 Å². The van der Waals surface area contributed by atoms with Crippen molar-refractivity contribution in [2.24, 2.45) is 0 Å². The van der Waals surface area contributed by atoms with Crippen LogP contribution in [-0.2, 0) is 0 Å². The minimum absolute atomic E-state index is 0.274. The maximum absolute atomic E-state index is 12.6. The van der Waals surface area contributed by atoms with Gasteiger partial charge in [-0.15, -0.1) is 11.8 Å². The topological polar surface area (TPSA) is 56.8 Å². The van der Waals surface area contributed by atoms with Crippen molar-refractivity contribution in [3.05, 3.63) is 77.3 Å². The summed E-state index contributed by atoms with van der Waals surface area (Å²) in [7, 11) is 3.02. The fourth-order valence-electron chi connectivity index (χ4n) is 2.69. The number of nitrogens with one attached hydrogen (secondary N) is 1. The molecule has 7 heteroatoms. The number of rotatable bonds is 9. The zero-order chi connectivity index (χ0) is 21.3. The fourth-order valence-corrected chi connectivity index (χ4v) is 3.67. The maximum atomic E-state index is 12.6. The molecule has 0 spiro atoms. The monoisotopic (exact) mass is 443 g/mol. The Labute approximate surface area is 185 Å². The van der Waals surface area contributed by atoms with Gasteiger partial charge in [0.2, 0.25) is 0 Å². The molecule has 0 saturated carbocycles. The summed E-state index contributed by atoms with van der Waals surface area (Å²) in [4.78, 5) is 13.8. The van der Waals surface area contributed by atoms with E-state index in [2.05, 4.69) is 17.4 Å². The predicted octanol–water partition coefficient (Wildman–Crippen LogP) is 5.78. The molecule has 0 radical (unpaired) electrons. The van der Waals surface area contributed by atoms with Gasteiger partial charge in [0, 0.05) is 28.3 Å². The number of amides is 1. The lowest BCUT2D eigenvalue weighted by atomic mass is 10.2. The molecular weight excluding hydrogens is 422 g/mol. The molecule has 3 aromatic rings. The smallest absolute Gasteiger partial charge is 0.255 e. The average Bonchev–Trinajstić information content (AvgIpc) is 2.78. The first kappa shape index (κ1) is 21.9. The fraction of sp³-hybridized carbons (Fsp3) is 0.174. The number of anilines is 1. The van der Waals surface area contributed by atoms with Crippen molar-refractivity contribution in [1.82, 2.24) is 0 Å². The molecule has 0 unspecified atom stereocenters. The largest absolute Gasteiger partial charge is 0.495 e. The van der Waals surface area contributed by atoms with Gasteiger partial charge in [-0.25, -0.2) is 0 Å². The Morgan fingerprint density at radius 1 is 0.967 bits per heavy atom. The van der Waals surface area contributed by atoms with Crippen molar-refractivity contribution >= 4 is 35.0 Å². The second-order valence-electron chi connectivity index (χ2n) is 6.18. The van der Waals surface area contributed by atoms with Gasteiger partial charge in [0.15, 0.2) is 0 Å². The highest BCUT2D eigenvalue weighted by atomic mass is 35.5. The van der Waals surface area contributed by atoms with E-state index in [1.165, 1.54) is 19.1 Å². The molecule has 0 saturated heterocycles. The lowest BCUT2D eigenvalue weighted by Crippen LogP contribution is -2.13. The lowest BCUT2D eigenvalue weighted by molar-refractivity contribution is 0.102. The number of carbonyl (C=O) groups is 1. The summed E-state index contributed by atoms with van der Waals surface area (Å²) in [6.45, 7) is 0.576. The van der Waals surface area contributed by atoms with Crippen LogP contribution < -0.4 is 19.5 Å². The van der Waals surface area contributed by atoms with Gasteiger partial charge in [-0.05, 0) is 36.4 Å². The van der Waals surface area contributed by atoms with Gasteiger partial charge in [0.25, 0.3) is 5.91 Å². The van der Waals surface area contributed by atoms with Gasteiger partial charge in [-0.3, -0.25) is 4.79 Å². The number of thioether (sulfide) groups is 1. The summed E-state index contributed by atoms with van der Waals surface area (Å²) in [5.41, 5.74) is 0.971. The van der Waals surface area contributed by atoms with E-state index in [0.29, 0.717) is 40.1 Å². The number of hydrogen-bond acceptors (Lipinski definition) is 5. The van der Waals surface area contributed by atoms with Crippen LogP contribution in [0.1, 0.15) is 10.4 Å². The van der Waals surface area contributed by atoms with Crippen LogP contribution in [0.4, 0.5) is 5.69 Å². The van der Waals surface area contributed by atoms with Crippen molar-refractivity contribution in [3.63, 3.8) is 0 Å². The van der Waals surface area contributed by atoms with E-state index in [1.54, 1.807) is 48.2 Å². The van der Waals surface area contributed by atoms with Crippen LogP contribution in [0.5, 0.6) is 17.2 Å². The van der Waals surface area contributed by atoms with Gasteiger partial charge >= 0.3 is 0 Å². The first-order valence-electron chi connectivity index (χ1n) is 9.24. The number of hydrogen-bond donors (Lipinski definition) is 1. The third-order valence-electron chi connectivity index (χ3n) is 4.20. The third-order valence-corrected chi connectivity index (χ3v) is 5.47. The Morgan fingerprint density at radius 2 is 1.67 bits per heavy atom. The SMILES string of the molecule is COc1cc(NC(=O)c2ccc(OCCSc3ccccc3)cc2)c(OC)cc1Cl. The number of benzene rings is 3. The number of methoxy groups -OCH3 is 2. The highest BCUT2D eigenvalue weighted by molar-refractivity contribution is 7.99. The molecule has 0 aliphatic rings. The van der Waals surface area contributed by atoms with Gasteiger partial charge in [-0.2, -0.15) is 0 Å². The summed E-state index contributed by atoms with van der Waals surface area (Å²) in [6, 6.07) is 20.4. The highest BCUT2D eigenvalue weighted by Crippen LogP contribution is 2.36. The van der Waals surface area contributed by atoms with E-state index < -0.39 is 0 Å². The van der Waals surface area contributed by atoms with E-state index in [1.807, 2.05) is 18.2 Å². The summed E-state index contributed by atoms with van der Waals surface area (Å²) in [5.74, 6) is 2.18. The molecule has 0 bridgehead atoms. The molecule has 0 aliphatic carbocycles. The van der Waals surface area contributed by atoms with Crippen LogP contribution in [0.15, 0.2) is 71.6 Å². The molecule has 3 rings (SSSR count). The third kappa shape index (κ3) is 5.84. The van der Waals surface area contributed by atoms with Crippen molar-refractivity contribution in [3.8, 4) is 17.2 Å². The summed E-state index contributed by atoms with van der Waals surface area (Å²) < 4.78 is 16.3. The molecule has 5 nitrogen and oxygen atoms in total. The first-order chi connectivity index (χ1) is 14.6. The van der Waals surface area contributed by atoms with Crippen LogP contribution in [0.3, 0.4) is 0 Å². The molecular formula is C23H22ClNO4S. The van der Waals surface area contributed by atoms with Crippen molar-refractivity contribution in [1.29, 1.82) is 0 Å². The van der Waals surface area contributed by atoms with Crippen LogP contribution >= 0.6 is 23.4 Å². The summed E-state index contributed by atoms with van der Waals surface area (Å²) >= 11 is 7.84. The molecule has 0 aromatic heterocycles. The number of halogens is 1. The Hall–Kier alpha value is -2.83.